The molecule has 0 spiro atoms. The van der Waals surface area contributed by atoms with Gasteiger partial charge in [0.25, 0.3) is 5.91 Å². The third-order valence-corrected chi connectivity index (χ3v) is 6.74. The molecule has 0 atom stereocenters. The second-order valence-corrected chi connectivity index (χ2v) is 9.88. The number of carbonyl (C=O) groups excluding carboxylic acids is 2. The Kier molecular flexibility index (Phi) is 5.85. The Labute approximate surface area is 187 Å². The van der Waals surface area contributed by atoms with Gasteiger partial charge in [0.1, 0.15) is 6.54 Å². The average Bonchev–Trinajstić information content (AvgIpc) is 3.09. The van der Waals surface area contributed by atoms with E-state index in [0.29, 0.717) is 26.8 Å². The smallest absolute Gasteiger partial charge is 0.326 e. The molecule has 164 valence electrons. The van der Waals surface area contributed by atoms with Crippen molar-refractivity contribution < 1.29 is 22.7 Å². The maximum Gasteiger partial charge on any atom is 0.326 e. The van der Waals surface area contributed by atoms with Crippen molar-refractivity contribution in [1.82, 2.24) is 14.5 Å². The second kappa shape index (κ2) is 8.60. The van der Waals surface area contributed by atoms with E-state index in [0.717, 1.165) is 17.6 Å². The minimum atomic E-state index is -3.42. The fourth-order valence-electron chi connectivity index (χ4n) is 3.11. The number of ether oxygens (including phenoxy) is 1. The first kappa shape index (κ1) is 21.8. The van der Waals surface area contributed by atoms with Crippen LogP contribution in [0.5, 0.6) is 0 Å². The molecule has 0 aliphatic heterocycles. The van der Waals surface area contributed by atoms with Crippen molar-refractivity contribution in [3.63, 3.8) is 0 Å². The van der Waals surface area contributed by atoms with Crippen LogP contribution in [0.1, 0.15) is 17.3 Å². The van der Waals surface area contributed by atoms with Crippen LogP contribution in [0.25, 0.3) is 21.3 Å². The van der Waals surface area contributed by atoms with Crippen LogP contribution in [0.15, 0.2) is 58.7 Å². The highest BCUT2D eigenvalue weighted by Crippen LogP contribution is 2.22. The van der Waals surface area contributed by atoms with Crippen molar-refractivity contribution in [3.05, 3.63) is 59.2 Å². The van der Waals surface area contributed by atoms with Crippen molar-refractivity contribution in [2.24, 2.45) is 4.99 Å². The zero-order chi connectivity index (χ0) is 22.9. The Morgan fingerprint density at radius 1 is 1.09 bits per heavy atom. The molecule has 32 heavy (non-hydrogen) atoms. The van der Waals surface area contributed by atoms with Crippen LogP contribution < -0.4 is 4.80 Å². The normalized spacial score (nSPS) is 12.4. The molecule has 2 heterocycles. The van der Waals surface area contributed by atoms with E-state index in [1.807, 2.05) is 0 Å². The van der Waals surface area contributed by atoms with Gasteiger partial charge in [-0.05, 0) is 43.3 Å². The number of carbonyl (C=O) groups is 2. The molecule has 2 aromatic carbocycles. The Bertz CT molecular complexity index is 1540. The van der Waals surface area contributed by atoms with Crippen LogP contribution >= 0.6 is 11.3 Å². The monoisotopic (exact) mass is 470 g/mol. The highest BCUT2D eigenvalue weighted by atomic mass is 32.2. The van der Waals surface area contributed by atoms with Gasteiger partial charge in [-0.25, -0.2) is 8.42 Å². The number of benzene rings is 2. The molecule has 0 aliphatic carbocycles. The van der Waals surface area contributed by atoms with Crippen molar-refractivity contribution in [1.29, 1.82) is 0 Å². The van der Waals surface area contributed by atoms with Gasteiger partial charge < -0.3 is 9.30 Å². The van der Waals surface area contributed by atoms with E-state index >= 15 is 0 Å². The first-order valence-electron chi connectivity index (χ1n) is 9.55. The number of aromatic nitrogens is 3. The summed E-state index contributed by atoms with van der Waals surface area (Å²) in [5.41, 5.74) is 2.10. The maximum absolute atomic E-state index is 12.9. The number of rotatable bonds is 5. The molecule has 9 nitrogen and oxygen atoms in total. The van der Waals surface area contributed by atoms with Gasteiger partial charge in [0.15, 0.2) is 14.6 Å². The summed E-state index contributed by atoms with van der Waals surface area (Å²) in [6.45, 7) is 1.74. The van der Waals surface area contributed by atoms with E-state index in [9.17, 15) is 18.0 Å². The van der Waals surface area contributed by atoms with Crippen LogP contribution in [-0.4, -0.2) is 47.7 Å². The number of sulfone groups is 1. The highest BCUT2D eigenvalue weighted by Gasteiger charge is 2.16. The van der Waals surface area contributed by atoms with E-state index in [2.05, 4.69) is 15.0 Å². The van der Waals surface area contributed by atoms with Crippen LogP contribution in [0.4, 0.5) is 0 Å². The number of amides is 1. The molecule has 0 N–H and O–H groups in total. The first-order chi connectivity index (χ1) is 15.3. The number of hydrogen-bond donors (Lipinski definition) is 0. The summed E-state index contributed by atoms with van der Waals surface area (Å²) in [6.07, 6.45) is 4.22. The molecule has 2 aromatic heterocycles. The summed E-state index contributed by atoms with van der Waals surface area (Å²) in [6, 6.07) is 9.44. The molecule has 4 aromatic rings. The molecule has 4 rings (SSSR count). The zero-order valence-electron chi connectivity index (χ0n) is 17.2. The van der Waals surface area contributed by atoms with Gasteiger partial charge in [0.05, 0.1) is 32.8 Å². The van der Waals surface area contributed by atoms with Crippen molar-refractivity contribution in [3.8, 4) is 0 Å². The van der Waals surface area contributed by atoms with Gasteiger partial charge in [-0.15, -0.1) is 0 Å². The lowest BCUT2D eigenvalue weighted by Crippen LogP contribution is -2.23. The molecule has 0 aliphatic rings. The Hall–Kier alpha value is -3.44. The van der Waals surface area contributed by atoms with Crippen LogP contribution in [0, 0.1) is 0 Å². The van der Waals surface area contributed by atoms with Crippen molar-refractivity contribution >= 4 is 54.3 Å². The van der Waals surface area contributed by atoms with Gasteiger partial charge >= 0.3 is 5.97 Å². The Morgan fingerprint density at radius 2 is 1.84 bits per heavy atom. The molecule has 0 saturated carbocycles. The predicted octanol–water partition coefficient (Wildman–Crippen LogP) is 2.35. The summed E-state index contributed by atoms with van der Waals surface area (Å²) in [5.74, 6) is -1.01. The van der Waals surface area contributed by atoms with E-state index in [-0.39, 0.29) is 22.8 Å². The van der Waals surface area contributed by atoms with E-state index in [1.165, 1.54) is 18.3 Å². The van der Waals surface area contributed by atoms with Gasteiger partial charge in [0, 0.05) is 24.2 Å². The standard InChI is InChI=1S/C21H18N4O5S2/c1-3-30-19(26)12-25-17-7-5-14(32(2,28)29)11-18(17)31-21(25)24-20(27)13-4-6-15-16(10-13)23-9-8-22-15/h4-11H,3,12H2,1-2H3. The summed E-state index contributed by atoms with van der Waals surface area (Å²) in [5, 5.41) is 0. The van der Waals surface area contributed by atoms with Gasteiger partial charge in [0.2, 0.25) is 0 Å². The average molecular weight is 471 g/mol. The summed E-state index contributed by atoms with van der Waals surface area (Å²) in [7, 11) is -3.42. The number of thiazole rings is 1. The summed E-state index contributed by atoms with van der Waals surface area (Å²) in [4.78, 5) is 38.0. The van der Waals surface area contributed by atoms with Crippen LogP contribution in [0.2, 0.25) is 0 Å². The maximum atomic E-state index is 12.9. The molecular formula is C21H18N4O5S2. The molecule has 0 unspecified atom stereocenters. The molecule has 0 fully saturated rings. The van der Waals surface area contributed by atoms with E-state index < -0.39 is 21.7 Å². The third-order valence-electron chi connectivity index (χ3n) is 4.59. The van der Waals surface area contributed by atoms with E-state index in [4.69, 9.17) is 4.74 Å². The number of nitrogens with zero attached hydrogens (tertiary/aromatic N) is 4. The van der Waals surface area contributed by atoms with Gasteiger partial charge in [-0.3, -0.25) is 19.6 Å². The van der Waals surface area contributed by atoms with Crippen molar-refractivity contribution in [2.45, 2.75) is 18.4 Å². The molecule has 0 bridgehead atoms. The summed E-state index contributed by atoms with van der Waals surface area (Å²) >= 11 is 1.12. The Balaban J connectivity index is 1.85. The molecule has 1 amide bonds. The lowest BCUT2D eigenvalue weighted by Gasteiger charge is -2.05. The molecular weight excluding hydrogens is 452 g/mol. The predicted molar refractivity (Wildman–Crippen MR) is 119 cm³/mol. The molecule has 11 heteroatoms. The van der Waals surface area contributed by atoms with Gasteiger partial charge in [-0.2, -0.15) is 4.99 Å². The lowest BCUT2D eigenvalue weighted by atomic mass is 10.2. The number of hydrogen-bond acceptors (Lipinski definition) is 8. The lowest BCUT2D eigenvalue weighted by molar-refractivity contribution is -0.143. The van der Waals surface area contributed by atoms with E-state index in [1.54, 1.807) is 42.0 Å². The topological polar surface area (TPSA) is 121 Å². The summed E-state index contributed by atoms with van der Waals surface area (Å²) < 4.78 is 31.0. The minimum Gasteiger partial charge on any atom is -0.465 e. The first-order valence-corrected chi connectivity index (χ1v) is 12.3. The largest absolute Gasteiger partial charge is 0.465 e. The van der Waals surface area contributed by atoms with Crippen LogP contribution in [-0.2, 0) is 25.9 Å². The SMILES string of the molecule is CCOC(=O)Cn1c(=NC(=O)c2ccc3nccnc3c2)sc2cc(S(C)(=O)=O)ccc21. The minimum absolute atomic E-state index is 0.139. The van der Waals surface area contributed by atoms with Crippen LogP contribution in [0.3, 0.4) is 0 Å². The van der Waals surface area contributed by atoms with Gasteiger partial charge in [-0.1, -0.05) is 11.3 Å². The number of esters is 1. The Morgan fingerprint density at radius 3 is 2.56 bits per heavy atom. The fraction of sp³-hybridized carbons (Fsp3) is 0.190. The molecule has 0 radical (unpaired) electrons. The third kappa shape index (κ3) is 4.43. The highest BCUT2D eigenvalue weighted by molar-refractivity contribution is 7.90. The fourth-order valence-corrected chi connectivity index (χ4v) is 4.89. The number of fused-ring (bicyclic) bond motifs is 2. The quantitative estimate of drug-likeness (QED) is 0.411. The van der Waals surface area contributed by atoms with Crippen molar-refractivity contribution in [2.75, 3.05) is 12.9 Å². The second-order valence-electron chi connectivity index (χ2n) is 6.85. The molecule has 0 saturated heterocycles. The zero-order valence-corrected chi connectivity index (χ0v) is 18.8.